The smallest absolute Gasteiger partial charge is 0.271 e. The molecule has 2 amide bonds. The number of amides is 2. The van der Waals surface area contributed by atoms with E-state index in [1.54, 1.807) is 61.7 Å². The van der Waals surface area contributed by atoms with E-state index in [4.69, 9.17) is 16.3 Å². The monoisotopic (exact) mass is 485 g/mol. The Bertz CT molecular complexity index is 1120. The van der Waals surface area contributed by atoms with Crippen LogP contribution in [0.25, 0.3) is 0 Å². The summed E-state index contributed by atoms with van der Waals surface area (Å²) in [5.41, 5.74) is 4.41. The molecule has 0 aliphatic rings. The van der Waals surface area contributed by atoms with E-state index >= 15 is 0 Å². The molecule has 3 aromatic carbocycles. The van der Waals surface area contributed by atoms with Crippen molar-refractivity contribution in [2.75, 3.05) is 12.4 Å². The molecule has 0 saturated carbocycles. The molecule has 0 bridgehead atoms. The van der Waals surface area contributed by atoms with Gasteiger partial charge in [0.25, 0.3) is 11.8 Å². The van der Waals surface area contributed by atoms with Gasteiger partial charge in [0.1, 0.15) is 5.75 Å². The number of hydrazone groups is 1. The van der Waals surface area contributed by atoms with Gasteiger partial charge in [-0.05, 0) is 54.6 Å². The molecule has 0 unspecified atom stereocenters. The van der Waals surface area contributed by atoms with Gasteiger partial charge in [-0.2, -0.15) is 5.10 Å². The summed E-state index contributed by atoms with van der Waals surface area (Å²) in [7, 11) is 1.56. The Balaban J connectivity index is 1.67. The van der Waals surface area contributed by atoms with Gasteiger partial charge < -0.3 is 10.1 Å². The molecule has 0 heterocycles. The lowest BCUT2D eigenvalue weighted by atomic mass is 10.1. The minimum Gasteiger partial charge on any atom is -0.496 e. The Labute approximate surface area is 187 Å². The average molecular weight is 487 g/mol. The molecule has 0 atom stereocenters. The van der Waals surface area contributed by atoms with E-state index in [1.807, 2.05) is 12.1 Å². The predicted molar refractivity (Wildman–Crippen MR) is 122 cm³/mol. The molecule has 8 heteroatoms. The zero-order chi connectivity index (χ0) is 21.5. The second-order valence-electron chi connectivity index (χ2n) is 6.13. The van der Waals surface area contributed by atoms with Crippen molar-refractivity contribution in [3.05, 3.63) is 92.9 Å². The highest BCUT2D eigenvalue weighted by Crippen LogP contribution is 2.21. The van der Waals surface area contributed by atoms with Crippen molar-refractivity contribution < 1.29 is 14.3 Å². The van der Waals surface area contributed by atoms with Gasteiger partial charge in [0, 0.05) is 31.9 Å². The van der Waals surface area contributed by atoms with Crippen LogP contribution in [-0.2, 0) is 0 Å². The van der Waals surface area contributed by atoms with Crippen LogP contribution in [-0.4, -0.2) is 25.1 Å². The zero-order valence-corrected chi connectivity index (χ0v) is 18.2. The van der Waals surface area contributed by atoms with E-state index in [1.165, 1.54) is 6.21 Å². The van der Waals surface area contributed by atoms with E-state index in [2.05, 4.69) is 31.8 Å². The van der Waals surface area contributed by atoms with Gasteiger partial charge in [-0.1, -0.05) is 39.7 Å². The molecule has 0 radical (unpaired) electrons. The Morgan fingerprint density at radius 2 is 1.73 bits per heavy atom. The van der Waals surface area contributed by atoms with Crippen LogP contribution in [0.3, 0.4) is 0 Å². The Morgan fingerprint density at radius 3 is 2.47 bits per heavy atom. The quantitative estimate of drug-likeness (QED) is 0.374. The first-order chi connectivity index (χ1) is 14.5. The van der Waals surface area contributed by atoms with Crippen molar-refractivity contribution in [2.24, 2.45) is 5.10 Å². The second-order valence-corrected chi connectivity index (χ2v) is 7.48. The molecule has 152 valence electrons. The first kappa shape index (κ1) is 21.5. The number of hydrogen-bond acceptors (Lipinski definition) is 4. The van der Waals surface area contributed by atoms with Gasteiger partial charge in [0.05, 0.1) is 13.3 Å². The largest absolute Gasteiger partial charge is 0.496 e. The van der Waals surface area contributed by atoms with Crippen molar-refractivity contribution in [3.63, 3.8) is 0 Å². The number of halogens is 2. The summed E-state index contributed by atoms with van der Waals surface area (Å²) in [5, 5.41) is 7.20. The predicted octanol–water partition coefficient (Wildman–Crippen LogP) is 5.13. The van der Waals surface area contributed by atoms with Crippen LogP contribution in [0.1, 0.15) is 26.3 Å². The van der Waals surface area contributed by atoms with Gasteiger partial charge in [-0.3, -0.25) is 9.59 Å². The Kier molecular flexibility index (Phi) is 7.21. The molecule has 2 N–H and O–H groups in total. The molecular weight excluding hydrogens is 470 g/mol. The molecule has 0 aliphatic carbocycles. The number of nitrogens with zero attached hydrogens (tertiary/aromatic N) is 1. The van der Waals surface area contributed by atoms with Crippen LogP contribution in [0, 0.1) is 0 Å². The lowest BCUT2D eigenvalue weighted by Crippen LogP contribution is -2.18. The number of anilines is 1. The molecule has 3 rings (SSSR count). The Hall–Kier alpha value is -3.16. The summed E-state index contributed by atoms with van der Waals surface area (Å²) in [4.78, 5) is 24.8. The van der Waals surface area contributed by atoms with E-state index in [0.717, 1.165) is 4.47 Å². The van der Waals surface area contributed by atoms with Crippen molar-refractivity contribution in [3.8, 4) is 5.75 Å². The summed E-state index contributed by atoms with van der Waals surface area (Å²) < 4.78 is 6.13. The van der Waals surface area contributed by atoms with Crippen molar-refractivity contribution >= 4 is 51.2 Å². The first-order valence-electron chi connectivity index (χ1n) is 8.80. The topological polar surface area (TPSA) is 79.8 Å². The fourth-order valence-corrected chi connectivity index (χ4v) is 3.17. The molecule has 0 fully saturated rings. The third-order valence-electron chi connectivity index (χ3n) is 4.03. The van der Waals surface area contributed by atoms with E-state index < -0.39 is 5.91 Å². The minimum atomic E-state index is -0.418. The van der Waals surface area contributed by atoms with Crippen molar-refractivity contribution in [1.29, 1.82) is 0 Å². The van der Waals surface area contributed by atoms with Crippen LogP contribution in [0.5, 0.6) is 5.75 Å². The van der Waals surface area contributed by atoms with Gasteiger partial charge in [0.2, 0.25) is 0 Å². The second kappa shape index (κ2) is 10.0. The molecule has 30 heavy (non-hydrogen) atoms. The third kappa shape index (κ3) is 5.68. The summed E-state index contributed by atoms with van der Waals surface area (Å²) in [6.45, 7) is 0. The molecule has 6 nitrogen and oxygen atoms in total. The van der Waals surface area contributed by atoms with Crippen molar-refractivity contribution in [2.45, 2.75) is 0 Å². The number of benzene rings is 3. The first-order valence-corrected chi connectivity index (χ1v) is 9.97. The van der Waals surface area contributed by atoms with Gasteiger partial charge in [-0.15, -0.1) is 0 Å². The number of ether oxygens (including phenoxy) is 1. The van der Waals surface area contributed by atoms with E-state index in [-0.39, 0.29) is 5.91 Å². The third-order valence-corrected chi connectivity index (χ3v) is 4.76. The van der Waals surface area contributed by atoms with Crippen LogP contribution >= 0.6 is 27.5 Å². The molecule has 0 aliphatic heterocycles. The van der Waals surface area contributed by atoms with Gasteiger partial charge >= 0.3 is 0 Å². The molecular formula is C22H17BrClN3O3. The lowest BCUT2D eigenvalue weighted by Gasteiger charge is -2.07. The van der Waals surface area contributed by atoms with Crippen molar-refractivity contribution in [1.82, 2.24) is 5.43 Å². The maximum Gasteiger partial charge on any atom is 0.271 e. The standard InChI is InChI=1S/C22H17BrClN3O3/c1-30-20-9-8-17(23)10-16(20)13-25-27-22(29)15-5-3-7-19(12-15)26-21(28)14-4-2-6-18(24)11-14/h2-13H,1H3,(H,26,28)(H,27,29)/b25-13-. The maximum atomic E-state index is 12.4. The highest BCUT2D eigenvalue weighted by Gasteiger charge is 2.09. The summed E-state index contributed by atoms with van der Waals surface area (Å²) in [5.74, 6) is -0.115. The fourth-order valence-electron chi connectivity index (χ4n) is 2.60. The summed E-state index contributed by atoms with van der Waals surface area (Å²) in [6, 6.07) is 18.6. The van der Waals surface area contributed by atoms with Crippen LogP contribution < -0.4 is 15.5 Å². The number of methoxy groups -OCH3 is 1. The Morgan fingerprint density at radius 1 is 1.00 bits per heavy atom. The summed E-state index contributed by atoms with van der Waals surface area (Å²) >= 11 is 9.31. The minimum absolute atomic E-state index is 0.324. The maximum absolute atomic E-state index is 12.4. The average Bonchev–Trinajstić information content (AvgIpc) is 2.74. The highest BCUT2D eigenvalue weighted by atomic mass is 79.9. The fraction of sp³-hybridized carbons (Fsp3) is 0.0455. The van der Waals surface area contributed by atoms with Gasteiger partial charge in [0.15, 0.2) is 0 Å². The van der Waals surface area contributed by atoms with Crippen LogP contribution in [0.2, 0.25) is 5.02 Å². The number of hydrogen-bond donors (Lipinski definition) is 2. The summed E-state index contributed by atoms with van der Waals surface area (Å²) in [6.07, 6.45) is 1.49. The molecule has 0 aromatic heterocycles. The molecule has 3 aromatic rings. The number of carbonyl (C=O) groups is 2. The van der Waals surface area contributed by atoms with Crippen LogP contribution in [0.4, 0.5) is 5.69 Å². The van der Waals surface area contributed by atoms with E-state index in [9.17, 15) is 9.59 Å². The molecule has 0 saturated heterocycles. The highest BCUT2D eigenvalue weighted by molar-refractivity contribution is 9.10. The number of carbonyl (C=O) groups excluding carboxylic acids is 2. The SMILES string of the molecule is COc1ccc(Br)cc1/C=N\NC(=O)c1cccc(NC(=O)c2cccc(Cl)c2)c1. The zero-order valence-electron chi connectivity index (χ0n) is 15.9. The van der Waals surface area contributed by atoms with E-state index in [0.29, 0.717) is 33.1 Å². The lowest BCUT2D eigenvalue weighted by molar-refractivity contribution is 0.0953. The normalized spacial score (nSPS) is 10.6. The number of rotatable bonds is 6. The van der Waals surface area contributed by atoms with Gasteiger partial charge in [-0.25, -0.2) is 5.43 Å². The number of nitrogens with one attached hydrogen (secondary N) is 2. The van der Waals surface area contributed by atoms with Crippen LogP contribution in [0.15, 0.2) is 76.3 Å². The molecule has 0 spiro atoms.